The van der Waals surface area contributed by atoms with Crippen LogP contribution in [-0.4, -0.2) is 17.5 Å². The third kappa shape index (κ3) is 3.25. The third-order valence-corrected chi connectivity index (χ3v) is 2.74. The van der Waals surface area contributed by atoms with Crippen LogP contribution in [0.15, 0.2) is 58.6 Å². The predicted octanol–water partition coefficient (Wildman–Crippen LogP) is 3.13. The summed E-state index contributed by atoms with van der Waals surface area (Å²) in [7, 11) is 0. The molecule has 19 heavy (non-hydrogen) atoms. The number of nitrogens with one attached hydrogen (secondary N) is 1. The van der Waals surface area contributed by atoms with Gasteiger partial charge in [-0.25, -0.2) is 4.79 Å². The Hall–Kier alpha value is -2.49. The average molecular weight is 254 g/mol. The average Bonchev–Trinajstić information content (AvgIpc) is 2.37. The van der Waals surface area contributed by atoms with E-state index in [1.54, 1.807) is 32.1 Å². The number of anilines is 1. The van der Waals surface area contributed by atoms with Crippen LogP contribution in [0.5, 0.6) is 0 Å². The lowest BCUT2D eigenvalue weighted by atomic mass is 9.99. The second-order valence-electron chi connectivity index (χ2n) is 4.31. The predicted molar refractivity (Wildman–Crippen MR) is 75.4 cm³/mol. The van der Waals surface area contributed by atoms with Crippen molar-refractivity contribution >= 4 is 23.2 Å². The summed E-state index contributed by atoms with van der Waals surface area (Å²) in [6, 6.07) is 8.65. The quantitative estimate of drug-likeness (QED) is 0.783. The van der Waals surface area contributed by atoms with Gasteiger partial charge in [-0.1, -0.05) is 18.2 Å². The van der Waals surface area contributed by atoms with Gasteiger partial charge in [-0.15, -0.1) is 0 Å². The van der Waals surface area contributed by atoms with E-state index in [0.717, 1.165) is 0 Å². The second-order valence-corrected chi connectivity index (χ2v) is 4.31. The van der Waals surface area contributed by atoms with Gasteiger partial charge in [0.05, 0.1) is 5.71 Å². The number of carbonyl (C=O) groups excluding carboxylic acids is 2. The molecule has 2 amide bonds. The van der Waals surface area contributed by atoms with Gasteiger partial charge in [0, 0.05) is 5.69 Å². The van der Waals surface area contributed by atoms with Crippen molar-refractivity contribution in [2.24, 2.45) is 4.99 Å². The van der Waals surface area contributed by atoms with Crippen LogP contribution in [0.4, 0.5) is 10.5 Å². The molecule has 0 bridgehead atoms. The fourth-order valence-corrected chi connectivity index (χ4v) is 1.68. The first-order valence-corrected chi connectivity index (χ1v) is 5.92. The van der Waals surface area contributed by atoms with Gasteiger partial charge < -0.3 is 5.32 Å². The van der Waals surface area contributed by atoms with Crippen LogP contribution in [0.1, 0.15) is 13.8 Å². The molecule has 4 heteroatoms. The summed E-state index contributed by atoms with van der Waals surface area (Å²) in [6.45, 7) is 3.46. The number of urea groups is 1. The maximum Gasteiger partial charge on any atom is 0.345 e. The van der Waals surface area contributed by atoms with Crippen molar-refractivity contribution in [2.45, 2.75) is 13.8 Å². The van der Waals surface area contributed by atoms with Crippen molar-refractivity contribution < 1.29 is 9.59 Å². The molecular weight excluding hydrogens is 240 g/mol. The highest BCUT2D eigenvalue weighted by Crippen LogP contribution is 2.13. The molecule has 0 aromatic heterocycles. The van der Waals surface area contributed by atoms with Crippen LogP contribution in [0, 0.1) is 0 Å². The van der Waals surface area contributed by atoms with Gasteiger partial charge in [-0.2, -0.15) is 4.99 Å². The van der Waals surface area contributed by atoms with Crippen LogP contribution >= 0.6 is 0 Å². The summed E-state index contributed by atoms with van der Waals surface area (Å²) in [5.41, 5.74) is 2.48. The highest BCUT2D eigenvalue weighted by atomic mass is 16.2. The summed E-state index contributed by atoms with van der Waals surface area (Å²) < 4.78 is 0. The zero-order valence-corrected chi connectivity index (χ0v) is 10.8. The molecule has 1 N–H and O–H groups in total. The number of benzene rings is 1. The molecule has 0 saturated carbocycles. The molecule has 0 fully saturated rings. The van der Waals surface area contributed by atoms with Gasteiger partial charge >= 0.3 is 6.03 Å². The smallest absolute Gasteiger partial charge is 0.306 e. The highest BCUT2D eigenvalue weighted by Gasteiger charge is 2.13. The molecule has 1 aliphatic rings. The number of amides is 2. The second kappa shape index (κ2) is 5.44. The molecular formula is C15H14N2O2. The zero-order chi connectivity index (χ0) is 13.8. The van der Waals surface area contributed by atoms with Crippen molar-refractivity contribution in [3.8, 4) is 0 Å². The van der Waals surface area contributed by atoms with Crippen molar-refractivity contribution in [1.29, 1.82) is 0 Å². The van der Waals surface area contributed by atoms with Crippen LogP contribution in [0.3, 0.4) is 0 Å². The molecule has 0 atom stereocenters. The molecule has 4 nitrogen and oxygen atoms in total. The summed E-state index contributed by atoms with van der Waals surface area (Å²) in [5.74, 6) is -0.0417. The molecule has 0 spiro atoms. The fourth-order valence-electron chi connectivity index (χ4n) is 1.68. The summed E-state index contributed by atoms with van der Waals surface area (Å²) in [4.78, 5) is 27.2. The molecule has 1 aromatic rings. The van der Waals surface area contributed by atoms with E-state index in [2.05, 4.69) is 10.3 Å². The molecule has 0 heterocycles. The minimum absolute atomic E-state index is 0.0417. The van der Waals surface area contributed by atoms with E-state index in [1.807, 2.05) is 18.2 Å². The Morgan fingerprint density at radius 3 is 2.42 bits per heavy atom. The summed E-state index contributed by atoms with van der Waals surface area (Å²) in [5, 5.41) is 2.67. The first-order valence-electron chi connectivity index (χ1n) is 5.92. The first kappa shape index (κ1) is 13.0. The van der Waals surface area contributed by atoms with Crippen molar-refractivity contribution in [3.63, 3.8) is 0 Å². The molecule has 0 aliphatic heterocycles. The molecule has 2 rings (SSSR count). The van der Waals surface area contributed by atoms with Crippen LogP contribution < -0.4 is 5.32 Å². The number of ketones is 1. The Bertz CT molecular complexity index is 610. The van der Waals surface area contributed by atoms with E-state index < -0.39 is 6.03 Å². The number of carbonyl (C=O) groups is 2. The molecule has 96 valence electrons. The van der Waals surface area contributed by atoms with Crippen molar-refractivity contribution in [3.05, 3.63) is 53.6 Å². The number of allylic oxidation sites excluding steroid dienone is 4. The molecule has 1 aliphatic carbocycles. The van der Waals surface area contributed by atoms with E-state index in [0.29, 0.717) is 22.5 Å². The Balaban J connectivity index is 2.16. The number of aliphatic imine (C=N–C) groups is 1. The lowest BCUT2D eigenvalue weighted by Gasteiger charge is -2.09. The van der Waals surface area contributed by atoms with E-state index in [-0.39, 0.29) is 5.78 Å². The number of hydrogen-bond donors (Lipinski definition) is 1. The van der Waals surface area contributed by atoms with Gasteiger partial charge in [0.2, 0.25) is 0 Å². The molecule has 0 radical (unpaired) electrons. The van der Waals surface area contributed by atoms with Crippen LogP contribution in [0.25, 0.3) is 0 Å². The Labute approximate surface area is 111 Å². The maximum absolute atomic E-state index is 11.8. The monoisotopic (exact) mass is 254 g/mol. The van der Waals surface area contributed by atoms with Gasteiger partial charge in [-0.3, -0.25) is 4.79 Å². The molecule has 1 aromatic carbocycles. The van der Waals surface area contributed by atoms with Gasteiger partial charge in [-0.05, 0) is 49.3 Å². The lowest BCUT2D eigenvalue weighted by molar-refractivity contribution is -0.111. The van der Waals surface area contributed by atoms with Gasteiger partial charge in [0.15, 0.2) is 5.78 Å². The minimum Gasteiger partial charge on any atom is -0.306 e. The maximum atomic E-state index is 11.8. The fraction of sp³-hybridized carbons (Fsp3) is 0.133. The largest absolute Gasteiger partial charge is 0.345 e. The van der Waals surface area contributed by atoms with E-state index in [4.69, 9.17) is 0 Å². The van der Waals surface area contributed by atoms with Crippen molar-refractivity contribution in [2.75, 3.05) is 5.32 Å². The van der Waals surface area contributed by atoms with Crippen LogP contribution in [0.2, 0.25) is 0 Å². The first-order chi connectivity index (χ1) is 9.06. The molecule has 0 unspecified atom stereocenters. The number of hydrogen-bond acceptors (Lipinski definition) is 2. The Morgan fingerprint density at radius 1 is 1.05 bits per heavy atom. The molecule has 0 saturated heterocycles. The number of rotatable bonds is 1. The Kier molecular flexibility index (Phi) is 3.71. The van der Waals surface area contributed by atoms with Crippen molar-refractivity contribution in [1.82, 2.24) is 0 Å². The van der Waals surface area contributed by atoms with Gasteiger partial charge in [0.25, 0.3) is 0 Å². The van der Waals surface area contributed by atoms with E-state index in [9.17, 15) is 9.59 Å². The lowest BCUT2D eigenvalue weighted by Crippen LogP contribution is -2.14. The number of nitrogens with zero attached hydrogens (tertiary/aromatic N) is 1. The number of para-hydroxylation sites is 1. The summed E-state index contributed by atoms with van der Waals surface area (Å²) >= 11 is 0. The van der Waals surface area contributed by atoms with E-state index >= 15 is 0 Å². The highest BCUT2D eigenvalue weighted by molar-refractivity contribution is 6.23. The third-order valence-electron chi connectivity index (χ3n) is 2.74. The van der Waals surface area contributed by atoms with E-state index in [1.165, 1.54) is 6.08 Å². The standard InChI is InChI=1S/C15H14N2O2/c1-10-9-14(18)11(2)8-13(10)17-15(19)16-12-6-4-3-5-7-12/h3-9H,1-2H3,(H,16,19). The summed E-state index contributed by atoms with van der Waals surface area (Å²) in [6.07, 6.45) is 3.12. The SMILES string of the molecule is CC1=CC(=NC(=O)Nc2ccccc2)C(C)=CC1=O. The van der Waals surface area contributed by atoms with Crippen LogP contribution in [-0.2, 0) is 4.79 Å². The van der Waals surface area contributed by atoms with Gasteiger partial charge in [0.1, 0.15) is 0 Å². The normalized spacial score (nSPS) is 16.9. The Morgan fingerprint density at radius 2 is 1.74 bits per heavy atom. The minimum atomic E-state index is -0.452. The zero-order valence-electron chi connectivity index (χ0n) is 10.8. The topological polar surface area (TPSA) is 58.5 Å².